The summed E-state index contributed by atoms with van der Waals surface area (Å²) in [5.74, 6) is 0.110. The first-order valence-electron chi connectivity index (χ1n) is 7.84. The van der Waals surface area contributed by atoms with Gasteiger partial charge in [-0.3, -0.25) is 4.79 Å². The van der Waals surface area contributed by atoms with Gasteiger partial charge < -0.3 is 14.7 Å². The Morgan fingerprint density at radius 3 is 2.88 bits per heavy atom. The lowest BCUT2D eigenvalue weighted by atomic mass is 10.0. The number of carbonyl (C=O) groups excluding carboxylic acids is 1. The van der Waals surface area contributed by atoms with Crippen LogP contribution in [-0.4, -0.2) is 29.4 Å². The molecule has 0 aliphatic carbocycles. The maximum atomic E-state index is 12.9. The molecule has 2 heterocycles. The van der Waals surface area contributed by atoms with Crippen LogP contribution in [0, 0.1) is 5.82 Å². The van der Waals surface area contributed by atoms with Gasteiger partial charge in [-0.05, 0) is 17.7 Å². The van der Waals surface area contributed by atoms with E-state index >= 15 is 0 Å². The third-order valence-corrected chi connectivity index (χ3v) is 3.75. The molecule has 126 valence electrons. The molecule has 0 spiro atoms. The van der Waals surface area contributed by atoms with Gasteiger partial charge in [-0.2, -0.15) is 0 Å². The topological polar surface area (TPSA) is 76.7 Å². The molecule has 1 unspecified atom stereocenters. The van der Waals surface area contributed by atoms with Crippen LogP contribution in [0.1, 0.15) is 35.2 Å². The van der Waals surface area contributed by atoms with Gasteiger partial charge in [0, 0.05) is 25.3 Å². The van der Waals surface area contributed by atoms with Gasteiger partial charge in [0.25, 0.3) is 5.91 Å². The SMILES string of the molecule is CCc1cc(C(=O)NCC2CC(Cc3ccc(F)cc3)=NO2)no1. The molecular weight excluding hydrogens is 313 g/mol. The third-order valence-electron chi connectivity index (χ3n) is 3.75. The van der Waals surface area contributed by atoms with Crippen LogP contribution in [0.4, 0.5) is 4.39 Å². The Bertz CT molecular complexity index is 740. The fraction of sp³-hybridized carbons (Fsp3) is 0.353. The lowest BCUT2D eigenvalue weighted by molar-refractivity contribution is 0.0749. The monoisotopic (exact) mass is 331 g/mol. The van der Waals surface area contributed by atoms with E-state index < -0.39 is 0 Å². The number of nitrogens with zero attached hydrogens (tertiary/aromatic N) is 2. The first-order chi connectivity index (χ1) is 11.6. The number of benzene rings is 1. The molecule has 24 heavy (non-hydrogen) atoms. The maximum Gasteiger partial charge on any atom is 0.273 e. The van der Waals surface area contributed by atoms with Crippen molar-refractivity contribution in [2.75, 3.05) is 6.54 Å². The minimum Gasteiger partial charge on any atom is -0.390 e. The van der Waals surface area contributed by atoms with Crippen LogP contribution in [0.15, 0.2) is 40.0 Å². The highest BCUT2D eigenvalue weighted by Crippen LogP contribution is 2.14. The van der Waals surface area contributed by atoms with E-state index in [1.165, 1.54) is 12.1 Å². The molecule has 1 aromatic heterocycles. The molecule has 1 atom stereocenters. The van der Waals surface area contributed by atoms with Crippen molar-refractivity contribution >= 4 is 11.6 Å². The normalized spacial score (nSPS) is 16.6. The zero-order valence-electron chi connectivity index (χ0n) is 13.3. The van der Waals surface area contributed by atoms with Crippen LogP contribution < -0.4 is 5.32 Å². The number of rotatable bonds is 6. The van der Waals surface area contributed by atoms with Gasteiger partial charge in [0.2, 0.25) is 0 Å². The number of oxime groups is 1. The van der Waals surface area contributed by atoms with E-state index in [1.54, 1.807) is 18.2 Å². The second-order valence-electron chi connectivity index (χ2n) is 5.63. The molecule has 1 N–H and O–H groups in total. The summed E-state index contributed by atoms with van der Waals surface area (Å²) in [5, 5.41) is 10.5. The molecule has 0 radical (unpaired) electrons. The summed E-state index contributed by atoms with van der Waals surface area (Å²) < 4.78 is 17.9. The minimum absolute atomic E-state index is 0.207. The Morgan fingerprint density at radius 1 is 1.38 bits per heavy atom. The van der Waals surface area contributed by atoms with Gasteiger partial charge in [-0.1, -0.05) is 29.4 Å². The lowest BCUT2D eigenvalue weighted by Gasteiger charge is -2.08. The summed E-state index contributed by atoms with van der Waals surface area (Å²) in [5.41, 5.74) is 2.10. The van der Waals surface area contributed by atoms with Crippen LogP contribution in [0.5, 0.6) is 0 Å². The van der Waals surface area contributed by atoms with Gasteiger partial charge in [-0.15, -0.1) is 0 Å². The highest BCUT2D eigenvalue weighted by Gasteiger charge is 2.22. The quantitative estimate of drug-likeness (QED) is 0.882. The molecule has 6 nitrogen and oxygen atoms in total. The standard InChI is InChI=1S/C17H18FN3O3/c1-2-14-9-16(21-23-14)17(22)19-10-15-8-13(20-24-15)7-11-3-5-12(18)6-4-11/h3-6,9,15H,2,7-8,10H2,1H3,(H,19,22). The van der Waals surface area contributed by atoms with Crippen LogP contribution in [0.25, 0.3) is 0 Å². The van der Waals surface area contributed by atoms with Crippen molar-refractivity contribution in [3.05, 3.63) is 53.2 Å². The third kappa shape index (κ3) is 3.98. The summed E-state index contributed by atoms with van der Waals surface area (Å²) >= 11 is 0. The van der Waals surface area contributed by atoms with Crippen molar-refractivity contribution in [1.29, 1.82) is 0 Å². The molecule has 7 heteroatoms. The van der Waals surface area contributed by atoms with Crippen molar-refractivity contribution in [1.82, 2.24) is 10.5 Å². The molecule has 0 fully saturated rings. The van der Waals surface area contributed by atoms with E-state index in [0.717, 1.165) is 11.3 Å². The van der Waals surface area contributed by atoms with Crippen molar-refractivity contribution in [3.63, 3.8) is 0 Å². The Labute approximate surface area is 138 Å². The molecule has 0 saturated carbocycles. The summed E-state index contributed by atoms with van der Waals surface area (Å²) in [6.45, 7) is 2.26. The molecule has 1 aliphatic rings. The van der Waals surface area contributed by atoms with E-state index in [4.69, 9.17) is 9.36 Å². The minimum atomic E-state index is -0.297. The zero-order chi connectivity index (χ0) is 16.9. The van der Waals surface area contributed by atoms with Crippen molar-refractivity contribution in [3.8, 4) is 0 Å². The first kappa shape index (κ1) is 16.2. The van der Waals surface area contributed by atoms with Crippen LogP contribution in [0.3, 0.4) is 0 Å². The van der Waals surface area contributed by atoms with Gasteiger partial charge in [0.1, 0.15) is 17.7 Å². The van der Waals surface area contributed by atoms with Gasteiger partial charge in [-0.25, -0.2) is 4.39 Å². The number of hydrogen-bond donors (Lipinski definition) is 1. The lowest BCUT2D eigenvalue weighted by Crippen LogP contribution is -2.32. The highest BCUT2D eigenvalue weighted by molar-refractivity contribution is 5.92. The molecule has 0 saturated heterocycles. The summed E-state index contributed by atoms with van der Waals surface area (Å²) in [4.78, 5) is 17.3. The Balaban J connectivity index is 1.45. The molecule has 2 aromatic rings. The summed E-state index contributed by atoms with van der Waals surface area (Å²) in [7, 11) is 0. The first-order valence-corrected chi connectivity index (χ1v) is 7.84. The Hall–Kier alpha value is -2.70. The summed E-state index contributed by atoms with van der Waals surface area (Å²) in [6, 6.07) is 7.92. The van der Waals surface area contributed by atoms with Crippen molar-refractivity contribution in [2.45, 2.75) is 32.3 Å². The maximum absolute atomic E-state index is 12.9. The van der Waals surface area contributed by atoms with E-state index in [0.29, 0.717) is 31.6 Å². The molecular formula is C17H18FN3O3. The number of aryl methyl sites for hydroxylation is 1. The molecule has 1 aromatic carbocycles. The fourth-order valence-corrected chi connectivity index (χ4v) is 2.42. The van der Waals surface area contributed by atoms with E-state index in [9.17, 15) is 9.18 Å². The second-order valence-corrected chi connectivity index (χ2v) is 5.63. The molecule has 1 aliphatic heterocycles. The van der Waals surface area contributed by atoms with Gasteiger partial charge in [0.05, 0.1) is 12.3 Å². The van der Waals surface area contributed by atoms with E-state index in [1.807, 2.05) is 6.92 Å². The number of nitrogens with one attached hydrogen (secondary N) is 1. The molecule has 0 bridgehead atoms. The number of hydrogen-bond acceptors (Lipinski definition) is 5. The Morgan fingerprint density at radius 2 is 2.17 bits per heavy atom. The second kappa shape index (κ2) is 7.25. The predicted molar refractivity (Wildman–Crippen MR) is 85.2 cm³/mol. The van der Waals surface area contributed by atoms with Crippen molar-refractivity contribution in [2.24, 2.45) is 5.16 Å². The van der Waals surface area contributed by atoms with Gasteiger partial charge in [0.15, 0.2) is 5.69 Å². The number of amides is 1. The summed E-state index contributed by atoms with van der Waals surface area (Å²) in [6.07, 6.45) is 1.71. The molecule has 3 rings (SSSR count). The van der Waals surface area contributed by atoms with Crippen LogP contribution >= 0.6 is 0 Å². The molecule has 1 amide bonds. The number of carbonyl (C=O) groups is 1. The Kier molecular flexibility index (Phi) is 4.88. The van der Waals surface area contributed by atoms with Crippen LogP contribution in [-0.2, 0) is 17.7 Å². The average molecular weight is 331 g/mol. The van der Waals surface area contributed by atoms with Crippen molar-refractivity contribution < 1.29 is 18.5 Å². The smallest absolute Gasteiger partial charge is 0.273 e. The fourth-order valence-electron chi connectivity index (χ4n) is 2.42. The zero-order valence-corrected chi connectivity index (χ0v) is 13.3. The van der Waals surface area contributed by atoms with E-state index in [2.05, 4.69) is 15.6 Å². The predicted octanol–water partition coefficient (Wildman–Crippen LogP) is 2.49. The highest BCUT2D eigenvalue weighted by atomic mass is 19.1. The van der Waals surface area contributed by atoms with Crippen LogP contribution in [0.2, 0.25) is 0 Å². The van der Waals surface area contributed by atoms with E-state index in [-0.39, 0.29) is 23.5 Å². The van der Waals surface area contributed by atoms with Gasteiger partial charge >= 0.3 is 0 Å². The number of halogens is 1. The largest absolute Gasteiger partial charge is 0.390 e. The average Bonchev–Trinajstić information content (AvgIpc) is 3.24. The number of aromatic nitrogens is 1.